The first-order valence-corrected chi connectivity index (χ1v) is 9.19. The van der Waals surface area contributed by atoms with Crippen LogP contribution in [0.4, 0.5) is 0 Å². The van der Waals surface area contributed by atoms with Crippen molar-refractivity contribution >= 4 is 33.0 Å². The second-order valence-corrected chi connectivity index (χ2v) is 8.38. The summed E-state index contributed by atoms with van der Waals surface area (Å²) in [7, 11) is -3.49. The molecule has 1 N–H and O–H groups in total. The van der Waals surface area contributed by atoms with E-state index in [-0.39, 0.29) is 11.5 Å². The molecule has 0 spiro atoms. The SMILES string of the molecule is CC(O)(CS(=O)(=O)Cc1ccc(Cl)cc1)c1ccc(Cl)cc1. The summed E-state index contributed by atoms with van der Waals surface area (Å²) in [5.41, 5.74) is -0.330. The first-order chi connectivity index (χ1) is 10.2. The van der Waals surface area contributed by atoms with E-state index in [1.165, 1.54) is 6.92 Å². The summed E-state index contributed by atoms with van der Waals surface area (Å²) in [5.74, 6) is -0.516. The summed E-state index contributed by atoms with van der Waals surface area (Å²) in [6, 6.07) is 13.1. The van der Waals surface area contributed by atoms with Gasteiger partial charge in [-0.2, -0.15) is 0 Å². The lowest BCUT2D eigenvalue weighted by atomic mass is 9.98. The van der Waals surface area contributed by atoms with Crippen molar-refractivity contribution in [2.24, 2.45) is 0 Å². The van der Waals surface area contributed by atoms with E-state index in [0.29, 0.717) is 21.2 Å². The second-order valence-electron chi connectivity index (χ2n) is 5.44. The van der Waals surface area contributed by atoms with Crippen molar-refractivity contribution in [2.75, 3.05) is 5.75 Å². The zero-order valence-corrected chi connectivity index (χ0v) is 14.3. The van der Waals surface area contributed by atoms with Crippen molar-refractivity contribution < 1.29 is 13.5 Å². The summed E-state index contributed by atoms with van der Waals surface area (Å²) in [4.78, 5) is 0. The average Bonchev–Trinajstić information content (AvgIpc) is 2.40. The molecule has 0 saturated carbocycles. The third-order valence-corrected chi connectivity index (χ3v) is 5.55. The highest BCUT2D eigenvalue weighted by atomic mass is 35.5. The molecule has 0 aliphatic heterocycles. The maximum Gasteiger partial charge on any atom is 0.157 e. The number of halogens is 2. The molecule has 0 aliphatic rings. The Labute approximate surface area is 140 Å². The van der Waals surface area contributed by atoms with Crippen LogP contribution in [0, 0.1) is 0 Å². The maximum atomic E-state index is 12.3. The van der Waals surface area contributed by atoms with E-state index in [1.807, 2.05) is 0 Å². The zero-order chi connectivity index (χ0) is 16.4. The molecule has 2 rings (SSSR count). The van der Waals surface area contributed by atoms with Crippen LogP contribution in [0.2, 0.25) is 10.0 Å². The Bertz CT molecular complexity index is 736. The van der Waals surface area contributed by atoms with Gasteiger partial charge in [0.1, 0.15) is 5.60 Å². The Balaban J connectivity index is 2.16. The number of hydrogen-bond acceptors (Lipinski definition) is 3. The topological polar surface area (TPSA) is 54.4 Å². The quantitative estimate of drug-likeness (QED) is 0.883. The fourth-order valence-electron chi connectivity index (χ4n) is 2.21. The normalized spacial score (nSPS) is 14.5. The molecular weight excluding hydrogens is 343 g/mol. The zero-order valence-electron chi connectivity index (χ0n) is 12.0. The van der Waals surface area contributed by atoms with Crippen LogP contribution in [0.1, 0.15) is 18.1 Å². The number of benzene rings is 2. The van der Waals surface area contributed by atoms with Crippen LogP contribution in [0.3, 0.4) is 0 Å². The van der Waals surface area contributed by atoms with Gasteiger partial charge >= 0.3 is 0 Å². The predicted molar refractivity (Wildman–Crippen MR) is 90.0 cm³/mol. The lowest BCUT2D eigenvalue weighted by molar-refractivity contribution is 0.0819. The van der Waals surface area contributed by atoms with Crippen molar-refractivity contribution in [3.05, 3.63) is 69.7 Å². The van der Waals surface area contributed by atoms with Gasteiger partial charge in [0.25, 0.3) is 0 Å². The van der Waals surface area contributed by atoms with E-state index in [0.717, 1.165) is 0 Å². The van der Waals surface area contributed by atoms with Crippen molar-refractivity contribution in [3.63, 3.8) is 0 Å². The Kier molecular flexibility index (Phi) is 5.17. The summed E-state index contributed by atoms with van der Waals surface area (Å²) in [6.45, 7) is 1.48. The molecule has 6 heteroatoms. The van der Waals surface area contributed by atoms with Crippen LogP contribution >= 0.6 is 23.2 Å². The van der Waals surface area contributed by atoms with Gasteiger partial charge in [0.15, 0.2) is 9.84 Å². The van der Waals surface area contributed by atoms with Gasteiger partial charge in [0.2, 0.25) is 0 Å². The molecule has 1 unspecified atom stereocenters. The molecule has 1 atom stereocenters. The van der Waals surface area contributed by atoms with E-state index >= 15 is 0 Å². The van der Waals surface area contributed by atoms with Gasteiger partial charge in [0.05, 0.1) is 11.5 Å². The Morgan fingerprint density at radius 1 is 0.955 bits per heavy atom. The number of sulfone groups is 1. The third-order valence-electron chi connectivity index (χ3n) is 3.27. The van der Waals surface area contributed by atoms with Crippen LogP contribution in [0.5, 0.6) is 0 Å². The lowest BCUT2D eigenvalue weighted by Gasteiger charge is -2.23. The van der Waals surface area contributed by atoms with Crippen molar-refractivity contribution in [1.29, 1.82) is 0 Å². The summed E-state index contributed by atoms with van der Waals surface area (Å²) in [6.07, 6.45) is 0. The van der Waals surface area contributed by atoms with Gasteiger partial charge in [-0.3, -0.25) is 0 Å². The lowest BCUT2D eigenvalue weighted by Crippen LogP contribution is -2.31. The van der Waals surface area contributed by atoms with E-state index in [2.05, 4.69) is 0 Å². The van der Waals surface area contributed by atoms with E-state index in [9.17, 15) is 13.5 Å². The number of rotatable bonds is 5. The van der Waals surface area contributed by atoms with E-state index < -0.39 is 15.4 Å². The van der Waals surface area contributed by atoms with Gasteiger partial charge in [-0.1, -0.05) is 47.5 Å². The molecule has 3 nitrogen and oxygen atoms in total. The molecule has 0 bridgehead atoms. The van der Waals surface area contributed by atoms with E-state index in [1.54, 1.807) is 48.5 Å². The highest BCUT2D eigenvalue weighted by Crippen LogP contribution is 2.25. The van der Waals surface area contributed by atoms with Gasteiger partial charge in [-0.15, -0.1) is 0 Å². The standard InChI is InChI=1S/C16H16Cl2O3S/c1-16(19,13-4-8-15(18)9-5-13)11-22(20,21)10-12-2-6-14(17)7-3-12/h2-9,19H,10-11H2,1H3. The predicted octanol–water partition coefficient (Wildman–Crippen LogP) is 3.82. The van der Waals surface area contributed by atoms with Crippen LogP contribution in [-0.4, -0.2) is 19.3 Å². The van der Waals surface area contributed by atoms with Crippen molar-refractivity contribution in [1.82, 2.24) is 0 Å². The molecule has 118 valence electrons. The van der Waals surface area contributed by atoms with Gasteiger partial charge < -0.3 is 5.11 Å². The van der Waals surface area contributed by atoms with Crippen LogP contribution in [0.15, 0.2) is 48.5 Å². The highest BCUT2D eigenvalue weighted by molar-refractivity contribution is 7.90. The fraction of sp³-hybridized carbons (Fsp3) is 0.250. The minimum Gasteiger partial charge on any atom is -0.384 e. The summed E-state index contributed by atoms with van der Waals surface area (Å²) in [5, 5.41) is 11.6. The molecule has 0 fully saturated rings. The second kappa shape index (κ2) is 6.59. The maximum absolute atomic E-state index is 12.3. The molecule has 2 aromatic rings. The van der Waals surface area contributed by atoms with Gasteiger partial charge in [-0.05, 0) is 42.3 Å². The number of hydrogen-bond donors (Lipinski definition) is 1. The molecule has 2 aromatic carbocycles. The average molecular weight is 359 g/mol. The van der Waals surface area contributed by atoms with Crippen molar-refractivity contribution in [3.8, 4) is 0 Å². The molecule has 0 aliphatic carbocycles. The Morgan fingerprint density at radius 2 is 1.41 bits per heavy atom. The van der Waals surface area contributed by atoms with Crippen molar-refractivity contribution in [2.45, 2.75) is 18.3 Å². The molecule has 0 radical (unpaired) electrons. The molecule has 0 saturated heterocycles. The first-order valence-electron chi connectivity index (χ1n) is 6.61. The monoisotopic (exact) mass is 358 g/mol. The van der Waals surface area contributed by atoms with E-state index in [4.69, 9.17) is 23.2 Å². The van der Waals surface area contributed by atoms with Crippen LogP contribution in [0.25, 0.3) is 0 Å². The Morgan fingerprint density at radius 3 is 1.91 bits per heavy atom. The Hall–Kier alpha value is -1.07. The molecule has 0 aromatic heterocycles. The highest BCUT2D eigenvalue weighted by Gasteiger charge is 2.30. The minimum absolute atomic E-state index is 0.145. The smallest absolute Gasteiger partial charge is 0.157 e. The third kappa shape index (κ3) is 4.71. The van der Waals surface area contributed by atoms with Crippen LogP contribution in [-0.2, 0) is 21.2 Å². The molecule has 0 heterocycles. The summed E-state index contributed by atoms with van der Waals surface area (Å²) >= 11 is 11.6. The molecule has 22 heavy (non-hydrogen) atoms. The summed E-state index contributed by atoms with van der Waals surface area (Å²) < 4.78 is 24.6. The fourth-order valence-corrected chi connectivity index (χ4v) is 4.28. The molecule has 0 amide bonds. The minimum atomic E-state index is -3.49. The largest absolute Gasteiger partial charge is 0.384 e. The van der Waals surface area contributed by atoms with Crippen LogP contribution < -0.4 is 0 Å². The molecular formula is C16H16Cl2O3S. The van der Waals surface area contributed by atoms with Gasteiger partial charge in [-0.25, -0.2) is 8.42 Å². The number of aliphatic hydroxyl groups is 1. The first kappa shape index (κ1) is 17.3. The van der Waals surface area contributed by atoms with Gasteiger partial charge in [0, 0.05) is 10.0 Å².